The third-order valence-corrected chi connectivity index (χ3v) is 5.45. The second-order valence-electron chi connectivity index (χ2n) is 7.27. The maximum absolute atomic E-state index is 12.9. The van der Waals surface area contributed by atoms with Crippen molar-refractivity contribution in [2.75, 3.05) is 25.1 Å². The molecule has 0 saturated heterocycles. The van der Waals surface area contributed by atoms with Crippen LogP contribution in [-0.2, 0) is 19.1 Å². The molecule has 0 bridgehead atoms. The van der Waals surface area contributed by atoms with Crippen LogP contribution in [0.4, 0.5) is 10.5 Å². The standard InChI is InChI=1S/C23H20ClN3O6/c1-2-32-21(29)15-5-3-4-6-16(15)25-18(28)11-27-17-12-33-22(30)19(17)20(26-23(27)31)13-7-9-14(24)10-8-13/h3-10,20H,2,11-12H2,1H3,(H,25,28)(H,26,31)/t20-/m1/s1. The van der Waals surface area contributed by atoms with Crippen molar-refractivity contribution in [3.63, 3.8) is 0 Å². The topological polar surface area (TPSA) is 114 Å². The second-order valence-corrected chi connectivity index (χ2v) is 7.71. The molecule has 2 N–H and O–H groups in total. The van der Waals surface area contributed by atoms with Gasteiger partial charge in [0.05, 0.1) is 35.2 Å². The van der Waals surface area contributed by atoms with E-state index in [-0.39, 0.29) is 36.6 Å². The van der Waals surface area contributed by atoms with E-state index in [4.69, 9.17) is 21.1 Å². The van der Waals surface area contributed by atoms with E-state index in [1.807, 2.05) is 0 Å². The SMILES string of the molecule is CCOC(=O)c1ccccc1NC(=O)CN1C(=O)N[C@H](c2ccc(Cl)cc2)C2=C1COC2=O. The number of anilines is 1. The molecule has 2 aliphatic rings. The summed E-state index contributed by atoms with van der Waals surface area (Å²) in [5.74, 6) is -1.70. The minimum atomic E-state index is -0.719. The summed E-state index contributed by atoms with van der Waals surface area (Å²) in [6.45, 7) is 1.36. The number of esters is 2. The van der Waals surface area contributed by atoms with Crippen molar-refractivity contribution in [3.8, 4) is 0 Å². The first-order chi connectivity index (χ1) is 15.9. The van der Waals surface area contributed by atoms with Gasteiger partial charge in [-0.05, 0) is 36.8 Å². The molecule has 4 rings (SSSR count). The van der Waals surface area contributed by atoms with Crippen molar-refractivity contribution in [2.45, 2.75) is 13.0 Å². The van der Waals surface area contributed by atoms with Crippen molar-refractivity contribution >= 4 is 41.2 Å². The van der Waals surface area contributed by atoms with E-state index in [0.717, 1.165) is 4.90 Å². The van der Waals surface area contributed by atoms with Crippen LogP contribution in [0.5, 0.6) is 0 Å². The predicted molar refractivity (Wildman–Crippen MR) is 118 cm³/mol. The number of hydrogen-bond donors (Lipinski definition) is 2. The summed E-state index contributed by atoms with van der Waals surface area (Å²) in [7, 11) is 0. The number of para-hydroxylation sites is 1. The third kappa shape index (κ3) is 4.54. The van der Waals surface area contributed by atoms with Crippen LogP contribution in [0, 0.1) is 0 Å². The summed E-state index contributed by atoms with van der Waals surface area (Å²) in [4.78, 5) is 51.4. The van der Waals surface area contributed by atoms with Crippen molar-refractivity contribution in [2.24, 2.45) is 0 Å². The number of hydrogen-bond acceptors (Lipinski definition) is 6. The lowest BCUT2D eigenvalue weighted by atomic mass is 9.96. The van der Waals surface area contributed by atoms with Crippen LogP contribution in [0.3, 0.4) is 0 Å². The fraction of sp³-hybridized carbons (Fsp3) is 0.217. The van der Waals surface area contributed by atoms with E-state index in [0.29, 0.717) is 16.3 Å². The van der Waals surface area contributed by atoms with Gasteiger partial charge in [-0.2, -0.15) is 0 Å². The van der Waals surface area contributed by atoms with E-state index in [2.05, 4.69) is 10.6 Å². The highest BCUT2D eigenvalue weighted by Crippen LogP contribution is 2.35. The molecule has 0 saturated carbocycles. The molecule has 2 heterocycles. The van der Waals surface area contributed by atoms with E-state index >= 15 is 0 Å². The van der Waals surface area contributed by atoms with Gasteiger partial charge in [0.1, 0.15) is 13.2 Å². The number of nitrogens with one attached hydrogen (secondary N) is 2. The molecule has 9 nitrogen and oxygen atoms in total. The van der Waals surface area contributed by atoms with Crippen LogP contribution in [0.1, 0.15) is 28.9 Å². The zero-order valence-corrected chi connectivity index (χ0v) is 18.3. The number of rotatable bonds is 6. The van der Waals surface area contributed by atoms with Crippen LogP contribution in [0.15, 0.2) is 59.8 Å². The lowest BCUT2D eigenvalue weighted by molar-refractivity contribution is -0.136. The van der Waals surface area contributed by atoms with Gasteiger partial charge in [0.15, 0.2) is 0 Å². The molecule has 2 aliphatic heterocycles. The van der Waals surface area contributed by atoms with E-state index in [1.165, 1.54) is 6.07 Å². The molecule has 0 aliphatic carbocycles. The normalized spacial score (nSPS) is 17.3. The Morgan fingerprint density at radius 3 is 2.64 bits per heavy atom. The number of nitrogens with zero attached hydrogens (tertiary/aromatic N) is 1. The first kappa shape index (κ1) is 22.3. The third-order valence-electron chi connectivity index (χ3n) is 5.20. The highest BCUT2D eigenvalue weighted by molar-refractivity contribution is 6.30. The maximum atomic E-state index is 12.9. The summed E-state index contributed by atoms with van der Waals surface area (Å²) in [5, 5.41) is 5.90. The molecule has 170 valence electrons. The van der Waals surface area contributed by atoms with Crippen molar-refractivity contribution in [1.82, 2.24) is 10.2 Å². The fourth-order valence-corrected chi connectivity index (χ4v) is 3.82. The Morgan fingerprint density at radius 2 is 1.91 bits per heavy atom. The monoisotopic (exact) mass is 469 g/mol. The Balaban J connectivity index is 1.57. The number of carbonyl (C=O) groups excluding carboxylic acids is 4. The first-order valence-electron chi connectivity index (χ1n) is 10.2. The number of carbonyl (C=O) groups is 4. The Morgan fingerprint density at radius 1 is 1.18 bits per heavy atom. The van der Waals surface area contributed by atoms with Crippen molar-refractivity contribution in [3.05, 3.63) is 76.0 Å². The maximum Gasteiger partial charge on any atom is 0.340 e. The van der Waals surface area contributed by atoms with Crippen molar-refractivity contribution in [1.29, 1.82) is 0 Å². The molecule has 0 fully saturated rings. The molecule has 0 spiro atoms. The molecular formula is C23H20ClN3O6. The Labute approximate surface area is 194 Å². The molecule has 2 aromatic carbocycles. The van der Waals surface area contributed by atoms with Crippen LogP contribution >= 0.6 is 11.6 Å². The number of amides is 3. The Hall–Kier alpha value is -3.85. The largest absolute Gasteiger partial charge is 0.462 e. The number of ether oxygens (including phenoxy) is 2. The van der Waals surface area contributed by atoms with Gasteiger partial charge in [0.25, 0.3) is 0 Å². The number of cyclic esters (lactones) is 1. The lowest BCUT2D eigenvalue weighted by Gasteiger charge is -2.32. The summed E-state index contributed by atoms with van der Waals surface area (Å²) >= 11 is 5.94. The smallest absolute Gasteiger partial charge is 0.340 e. The molecule has 2 aromatic rings. The predicted octanol–water partition coefficient (Wildman–Crippen LogP) is 3.03. The molecule has 33 heavy (non-hydrogen) atoms. The van der Waals surface area contributed by atoms with Gasteiger partial charge >= 0.3 is 18.0 Å². The highest BCUT2D eigenvalue weighted by Gasteiger charge is 2.42. The average Bonchev–Trinajstić information content (AvgIpc) is 3.18. The summed E-state index contributed by atoms with van der Waals surface area (Å²) in [5.41, 5.74) is 1.68. The van der Waals surface area contributed by atoms with Gasteiger partial charge in [-0.25, -0.2) is 14.4 Å². The van der Waals surface area contributed by atoms with Crippen molar-refractivity contribution < 1.29 is 28.7 Å². The molecule has 0 radical (unpaired) electrons. The molecule has 1 atom stereocenters. The Bertz CT molecular complexity index is 1160. The summed E-state index contributed by atoms with van der Waals surface area (Å²) < 4.78 is 10.2. The molecule has 3 amide bonds. The Kier molecular flexibility index (Phi) is 6.32. The van der Waals surface area contributed by atoms with Gasteiger partial charge in [-0.3, -0.25) is 9.69 Å². The second kappa shape index (κ2) is 9.33. The quantitative estimate of drug-likeness (QED) is 0.628. The fourth-order valence-electron chi connectivity index (χ4n) is 3.70. The lowest BCUT2D eigenvalue weighted by Crippen LogP contribution is -2.49. The minimum absolute atomic E-state index is 0.127. The highest BCUT2D eigenvalue weighted by atomic mass is 35.5. The van der Waals surface area contributed by atoms with Gasteiger partial charge in [-0.15, -0.1) is 0 Å². The van der Waals surface area contributed by atoms with Crippen LogP contribution in [0.25, 0.3) is 0 Å². The van der Waals surface area contributed by atoms with Gasteiger partial charge in [-0.1, -0.05) is 35.9 Å². The van der Waals surface area contributed by atoms with Crippen LogP contribution in [-0.4, -0.2) is 48.5 Å². The van der Waals surface area contributed by atoms with Gasteiger partial charge in [0.2, 0.25) is 5.91 Å². The van der Waals surface area contributed by atoms with Gasteiger partial charge < -0.3 is 20.1 Å². The zero-order valence-electron chi connectivity index (χ0n) is 17.6. The number of urea groups is 1. The number of benzene rings is 2. The van der Waals surface area contributed by atoms with E-state index in [1.54, 1.807) is 49.4 Å². The number of halogens is 1. The van der Waals surface area contributed by atoms with E-state index in [9.17, 15) is 19.2 Å². The van der Waals surface area contributed by atoms with Gasteiger partial charge in [0, 0.05) is 5.02 Å². The summed E-state index contributed by atoms with van der Waals surface area (Å²) in [6.07, 6.45) is 0. The molecule has 0 unspecified atom stereocenters. The minimum Gasteiger partial charge on any atom is -0.462 e. The molecule has 10 heteroatoms. The zero-order chi connectivity index (χ0) is 23.5. The van der Waals surface area contributed by atoms with E-state index < -0.39 is 29.9 Å². The van der Waals surface area contributed by atoms with Crippen LogP contribution < -0.4 is 10.6 Å². The summed E-state index contributed by atoms with van der Waals surface area (Å²) in [6, 6.07) is 11.9. The average molecular weight is 470 g/mol. The molecule has 0 aromatic heterocycles. The molecular weight excluding hydrogens is 450 g/mol. The van der Waals surface area contributed by atoms with Crippen LogP contribution in [0.2, 0.25) is 5.02 Å². The first-order valence-corrected chi connectivity index (χ1v) is 10.6.